The van der Waals surface area contributed by atoms with E-state index in [1.807, 2.05) is 29.6 Å². The van der Waals surface area contributed by atoms with E-state index in [1.165, 1.54) is 0 Å². The molecule has 59 valence electrons. The van der Waals surface area contributed by atoms with Gasteiger partial charge in [0.1, 0.15) is 0 Å². The van der Waals surface area contributed by atoms with Crippen LogP contribution >= 0.6 is 27.3 Å². The molecule has 1 nitrogen and oxygen atoms in total. The van der Waals surface area contributed by atoms with Gasteiger partial charge in [-0.3, -0.25) is 0 Å². The van der Waals surface area contributed by atoms with Crippen molar-refractivity contribution in [1.29, 1.82) is 0 Å². The number of thiazole rings is 1. The number of hydrogen-bond donors (Lipinski definition) is 0. The molecule has 0 unspecified atom stereocenters. The molecule has 0 amide bonds. The Morgan fingerprint density at radius 2 is 2.08 bits per heavy atom. The Morgan fingerprint density at radius 3 is 2.67 bits per heavy atom. The van der Waals surface area contributed by atoms with Crippen LogP contribution in [0, 0.1) is 6.07 Å². The lowest BCUT2D eigenvalue weighted by molar-refractivity contribution is 1.37. The Morgan fingerprint density at radius 1 is 1.33 bits per heavy atom. The fourth-order valence-electron chi connectivity index (χ4n) is 0.942. The van der Waals surface area contributed by atoms with Crippen LogP contribution in [0.5, 0.6) is 0 Å². The summed E-state index contributed by atoms with van der Waals surface area (Å²) < 4.78 is 0.922. The van der Waals surface area contributed by atoms with Gasteiger partial charge in [-0.15, -0.1) is 11.3 Å². The number of aromatic nitrogens is 1. The molecule has 1 aromatic carbocycles. The van der Waals surface area contributed by atoms with Crippen molar-refractivity contribution in [2.24, 2.45) is 0 Å². The Bertz CT molecular complexity index is 369. The quantitative estimate of drug-likeness (QED) is 0.743. The molecule has 0 aliphatic carbocycles. The molecule has 1 aromatic heterocycles. The third-order valence-electron chi connectivity index (χ3n) is 1.49. The van der Waals surface area contributed by atoms with E-state index in [4.69, 9.17) is 0 Å². The summed E-state index contributed by atoms with van der Waals surface area (Å²) in [6, 6.07) is 10.8. The second-order valence-corrected chi connectivity index (χ2v) is 4.41. The lowest BCUT2D eigenvalue weighted by Crippen LogP contribution is -1.74. The van der Waals surface area contributed by atoms with Gasteiger partial charge >= 0.3 is 0 Å². The van der Waals surface area contributed by atoms with Crippen LogP contribution < -0.4 is 0 Å². The van der Waals surface area contributed by atoms with Crippen molar-refractivity contribution in [3.63, 3.8) is 0 Å². The minimum Gasteiger partial charge on any atom is -0.229 e. The number of nitrogens with zero attached hydrogens (tertiary/aromatic N) is 1. The highest BCUT2D eigenvalue weighted by molar-refractivity contribution is 9.11. The molecule has 0 aliphatic rings. The van der Waals surface area contributed by atoms with Gasteiger partial charge in [-0.25, -0.2) is 4.98 Å². The number of hydrogen-bond acceptors (Lipinski definition) is 2. The van der Waals surface area contributed by atoms with Crippen molar-refractivity contribution in [3.05, 3.63) is 39.6 Å². The zero-order valence-electron chi connectivity index (χ0n) is 6.12. The Hall–Kier alpha value is -0.670. The van der Waals surface area contributed by atoms with Gasteiger partial charge in [-0.1, -0.05) is 24.3 Å². The molecule has 0 saturated carbocycles. The molecule has 12 heavy (non-hydrogen) atoms. The van der Waals surface area contributed by atoms with Gasteiger partial charge in [0.25, 0.3) is 0 Å². The molecule has 3 heteroatoms. The summed E-state index contributed by atoms with van der Waals surface area (Å²) in [4.78, 5) is 4.30. The third-order valence-corrected chi connectivity index (χ3v) is 2.86. The van der Waals surface area contributed by atoms with Crippen LogP contribution in [0.2, 0.25) is 0 Å². The van der Waals surface area contributed by atoms with E-state index < -0.39 is 0 Å². The summed E-state index contributed by atoms with van der Waals surface area (Å²) in [5.74, 6) is 0. The molecule has 0 atom stereocenters. The molecule has 0 spiro atoms. The lowest BCUT2D eigenvalue weighted by atomic mass is 10.2. The van der Waals surface area contributed by atoms with E-state index in [9.17, 15) is 0 Å². The summed E-state index contributed by atoms with van der Waals surface area (Å²) in [7, 11) is 0. The molecule has 0 N–H and O–H groups in total. The maximum atomic E-state index is 4.30. The van der Waals surface area contributed by atoms with E-state index >= 15 is 0 Å². The Kier molecular flexibility index (Phi) is 2.23. The highest BCUT2D eigenvalue weighted by atomic mass is 79.9. The van der Waals surface area contributed by atoms with Crippen LogP contribution in [-0.4, -0.2) is 4.98 Å². The highest BCUT2D eigenvalue weighted by Crippen LogP contribution is 2.24. The molecule has 0 aliphatic heterocycles. The van der Waals surface area contributed by atoms with Crippen molar-refractivity contribution in [2.75, 3.05) is 0 Å². The minimum absolute atomic E-state index is 0.922. The second-order valence-electron chi connectivity index (χ2n) is 2.27. The number of rotatable bonds is 1. The maximum Gasteiger partial charge on any atom is 0.159 e. The van der Waals surface area contributed by atoms with Crippen LogP contribution in [0.25, 0.3) is 11.3 Å². The predicted molar refractivity (Wildman–Crippen MR) is 54.1 cm³/mol. The zero-order valence-corrected chi connectivity index (χ0v) is 8.52. The fraction of sp³-hybridized carbons (Fsp3) is 0. The molecule has 2 aromatic rings. The van der Waals surface area contributed by atoms with E-state index in [0.717, 1.165) is 15.2 Å². The standard InChI is InChI=1S/C9H5BrNS/c10-9-11-8(6-12-9)7-4-2-1-3-5-7/h2-6H. The lowest BCUT2D eigenvalue weighted by Gasteiger charge is -1.92. The van der Waals surface area contributed by atoms with Gasteiger partial charge in [0, 0.05) is 10.9 Å². The molecule has 1 heterocycles. The smallest absolute Gasteiger partial charge is 0.159 e. The van der Waals surface area contributed by atoms with Gasteiger partial charge < -0.3 is 0 Å². The van der Waals surface area contributed by atoms with Crippen LogP contribution in [0.4, 0.5) is 0 Å². The Labute approximate surface area is 83.2 Å². The molecular weight excluding hydrogens is 234 g/mol. The second kappa shape index (κ2) is 3.37. The topological polar surface area (TPSA) is 12.9 Å². The highest BCUT2D eigenvalue weighted by Gasteiger charge is 2.00. The van der Waals surface area contributed by atoms with Crippen molar-refractivity contribution < 1.29 is 0 Å². The van der Waals surface area contributed by atoms with Gasteiger partial charge in [0.05, 0.1) is 5.69 Å². The van der Waals surface area contributed by atoms with Crippen LogP contribution in [0.3, 0.4) is 0 Å². The molecular formula is C9H5BrNS. The van der Waals surface area contributed by atoms with Crippen molar-refractivity contribution in [2.45, 2.75) is 0 Å². The maximum absolute atomic E-state index is 4.30. The number of halogens is 1. The van der Waals surface area contributed by atoms with E-state index in [0.29, 0.717) is 0 Å². The normalized spacial score (nSPS) is 10.1. The van der Waals surface area contributed by atoms with Crippen molar-refractivity contribution >= 4 is 27.3 Å². The third kappa shape index (κ3) is 1.57. The SMILES string of the molecule is Brc1nc(-c2cc[c]cc2)cs1. The van der Waals surface area contributed by atoms with E-state index in [2.05, 4.69) is 27.0 Å². The molecule has 2 rings (SSSR count). The van der Waals surface area contributed by atoms with Crippen molar-refractivity contribution in [3.8, 4) is 11.3 Å². The van der Waals surface area contributed by atoms with Gasteiger partial charge in [0.2, 0.25) is 0 Å². The van der Waals surface area contributed by atoms with Crippen LogP contribution in [0.1, 0.15) is 0 Å². The first-order valence-corrected chi connectivity index (χ1v) is 5.11. The largest absolute Gasteiger partial charge is 0.229 e. The van der Waals surface area contributed by atoms with Gasteiger partial charge in [-0.05, 0) is 22.0 Å². The summed E-state index contributed by atoms with van der Waals surface area (Å²) in [6.45, 7) is 0. The van der Waals surface area contributed by atoms with E-state index in [1.54, 1.807) is 11.3 Å². The molecule has 1 radical (unpaired) electrons. The van der Waals surface area contributed by atoms with E-state index in [-0.39, 0.29) is 0 Å². The summed E-state index contributed by atoms with van der Waals surface area (Å²) in [6.07, 6.45) is 0. The molecule has 0 bridgehead atoms. The number of benzene rings is 1. The first kappa shape index (κ1) is 7.95. The average molecular weight is 239 g/mol. The van der Waals surface area contributed by atoms with Crippen LogP contribution in [0.15, 0.2) is 33.6 Å². The average Bonchev–Trinajstić information content (AvgIpc) is 2.54. The first-order chi connectivity index (χ1) is 5.86. The summed E-state index contributed by atoms with van der Waals surface area (Å²) in [5, 5.41) is 2.03. The van der Waals surface area contributed by atoms with Crippen molar-refractivity contribution in [1.82, 2.24) is 4.98 Å². The van der Waals surface area contributed by atoms with Gasteiger partial charge in [-0.2, -0.15) is 0 Å². The monoisotopic (exact) mass is 238 g/mol. The van der Waals surface area contributed by atoms with Gasteiger partial charge in [0.15, 0.2) is 3.92 Å². The first-order valence-electron chi connectivity index (χ1n) is 3.44. The summed E-state index contributed by atoms with van der Waals surface area (Å²) >= 11 is 4.92. The zero-order chi connectivity index (χ0) is 8.39. The summed E-state index contributed by atoms with van der Waals surface area (Å²) in [5.41, 5.74) is 2.15. The molecule has 0 fully saturated rings. The Balaban J connectivity index is 2.45. The fourth-order valence-corrected chi connectivity index (χ4v) is 1.96. The minimum atomic E-state index is 0.922. The molecule has 0 saturated heterocycles. The van der Waals surface area contributed by atoms with Crippen LogP contribution in [-0.2, 0) is 0 Å². The predicted octanol–water partition coefficient (Wildman–Crippen LogP) is 3.37.